The first kappa shape index (κ1) is 18.9. The maximum Gasteiger partial charge on any atom is 0.253 e. The molecular weight excluding hydrogens is 324 g/mol. The number of hydrogen-bond acceptors (Lipinski definition) is 5. The van der Waals surface area contributed by atoms with Crippen LogP contribution in [0, 0.1) is 5.92 Å². The van der Waals surface area contributed by atoms with Crippen molar-refractivity contribution in [2.75, 3.05) is 36.5 Å². The van der Waals surface area contributed by atoms with Crippen molar-refractivity contribution in [3.05, 3.63) is 24.3 Å². The Balaban J connectivity index is 1.98. The SMILES string of the molecule is CC(C)C(=O)N[C@@H](CN)C(=O)Nc1ccc(N2CCOCC2=O)cc1. The molecule has 3 amide bonds. The summed E-state index contributed by atoms with van der Waals surface area (Å²) in [5.74, 6) is -0.937. The molecule has 8 heteroatoms. The van der Waals surface area contributed by atoms with E-state index in [0.717, 1.165) is 5.69 Å². The second-order valence-electron chi connectivity index (χ2n) is 6.09. The predicted octanol–water partition coefficient (Wildman–Crippen LogP) is 0.0878. The highest BCUT2D eigenvalue weighted by Crippen LogP contribution is 2.19. The lowest BCUT2D eigenvalue weighted by Crippen LogP contribution is -2.49. The molecule has 1 atom stereocenters. The molecule has 8 nitrogen and oxygen atoms in total. The van der Waals surface area contributed by atoms with Gasteiger partial charge < -0.3 is 26.0 Å². The molecule has 0 aliphatic carbocycles. The average Bonchev–Trinajstić information content (AvgIpc) is 2.60. The summed E-state index contributed by atoms with van der Waals surface area (Å²) in [7, 11) is 0. The van der Waals surface area contributed by atoms with Crippen LogP contribution in [-0.2, 0) is 19.1 Å². The highest BCUT2D eigenvalue weighted by Gasteiger charge is 2.22. The third-order valence-corrected chi connectivity index (χ3v) is 3.83. The fourth-order valence-corrected chi connectivity index (χ4v) is 2.32. The molecule has 1 aliphatic heterocycles. The molecule has 4 N–H and O–H groups in total. The molecule has 1 aliphatic rings. The first-order valence-corrected chi connectivity index (χ1v) is 8.22. The number of nitrogens with two attached hydrogens (primary N) is 1. The lowest BCUT2D eigenvalue weighted by molar-refractivity contribution is -0.128. The number of amides is 3. The largest absolute Gasteiger partial charge is 0.370 e. The maximum atomic E-state index is 12.3. The van der Waals surface area contributed by atoms with Crippen molar-refractivity contribution in [2.24, 2.45) is 11.7 Å². The van der Waals surface area contributed by atoms with E-state index in [1.54, 1.807) is 43.0 Å². The first-order valence-electron chi connectivity index (χ1n) is 8.22. The van der Waals surface area contributed by atoms with Gasteiger partial charge in [0.25, 0.3) is 5.91 Å². The summed E-state index contributed by atoms with van der Waals surface area (Å²) in [5.41, 5.74) is 6.89. The summed E-state index contributed by atoms with van der Waals surface area (Å²) < 4.78 is 5.10. The molecule has 0 saturated carbocycles. The molecule has 25 heavy (non-hydrogen) atoms. The Kier molecular flexibility index (Phi) is 6.49. The standard InChI is InChI=1S/C17H24N4O4/c1-11(2)16(23)20-14(9-18)17(24)19-12-3-5-13(6-4-12)21-7-8-25-10-15(21)22/h3-6,11,14H,7-10,18H2,1-2H3,(H,19,24)(H,20,23)/t14-/m0/s1. The third-order valence-electron chi connectivity index (χ3n) is 3.83. The minimum Gasteiger partial charge on any atom is -0.370 e. The number of hydrogen-bond donors (Lipinski definition) is 3. The Morgan fingerprint density at radius 1 is 1.24 bits per heavy atom. The molecular formula is C17H24N4O4. The highest BCUT2D eigenvalue weighted by atomic mass is 16.5. The minimum absolute atomic E-state index is 0.00462. The zero-order chi connectivity index (χ0) is 18.4. The predicted molar refractivity (Wildman–Crippen MR) is 94.1 cm³/mol. The summed E-state index contributed by atoms with van der Waals surface area (Å²) in [6, 6.07) is 6.11. The van der Waals surface area contributed by atoms with Gasteiger partial charge in [-0.25, -0.2) is 0 Å². The number of nitrogens with zero attached hydrogens (tertiary/aromatic N) is 1. The van der Waals surface area contributed by atoms with Gasteiger partial charge in [-0.2, -0.15) is 0 Å². The Morgan fingerprint density at radius 3 is 2.48 bits per heavy atom. The van der Waals surface area contributed by atoms with Crippen LogP contribution in [0.5, 0.6) is 0 Å². The molecule has 0 radical (unpaired) electrons. The van der Waals surface area contributed by atoms with Crippen molar-refractivity contribution < 1.29 is 19.1 Å². The summed E-state index contributed by atoms with van der Waals surface area (Å²) >= 11 is 0. The maximum absolute atomic E-state index is 12.3. The van der Waals surface area contributed by atoms with Crippen LogP contribution in [-0.4, -0.2) is 50.1 Å². The van der Waals surface area contributed by atoms with Crippen molar-refractivity contribution in [1.29, 1.82) is 0 Å². The smallest absolute Gasteiger partial charge is 0.253 e. The van der Waals surface area contributed by atoms with Crippen molar-refractivity contribution in [2.45, 2.75) is 19.9 Å². The molecule has 0 bridgehead atoms. The van der Waals surface area contributed by atoms with Crippen LogP contribution in [0.1, 0.15) is 13.8 Å². The number of morpholine rings is 1. The van der Waals surface area contributed by atoms with E-state index < -0.39 is 6.04 Å². The molecule has 0 spiro atoms. The number of benzene rings is 1. The van der Waals surface area contributed by atoms with Gasteiger partial charge in [0.1, 0.15) is 12.6 Å². The van der Waals surface area contributed by atoms with E-state index in [0.29, 0.717) is 18.8 Å². The molecule has 0 aromatic heterocycles. The summed E-state index contributed by atoms with van der Waals surface area (Å²) in [6.07, 6.45) is 0. The molecule has 136 valence electrons. The van der Waals surface area contributed by atoms with Gasteiger partial charge in [-0.05, 0) is 24.3 Å². The fourth-order valence-electron chi connectivity index (χ4n) is 2.32. The van der Waals surface area contributed by atoms with Crippen molar-refractivity contribution in [1.82, 2.24) is 5.32 Å². The highest BCUT2D eigenvalue weighted by molar-refractivity contribution is 5.98. The second kappa shape index (κ2) is 8.59. The van der Waals surface area contributed by atoms with Crippen LogP contribution < -0.4 is 21.3 Å². The number of carbonyl (C=O) groups is 3. The number of nitrogens with one attached hydrogen (secondary N) is 2. The fraction of sp³-hybridized carbons (Fsp3) is 0.471. The Morgan fingerprint density at radius 2 is 1.92 bits per heavy atom. The quantitative estimate of drug-likeness (QED) is 0.674. The van der Waals surface area contributed by atoms with Gasteiger partial charge in [-0.3, -0.25) is 14.4 Å². The number of ether oxygens (including phenoxy) is 1. The Hall–Kier alpha value is -2.45. The number of carbonyl (C=O) groups excluding carboxylic acids is 3. The van der Waals surface area contributed by atoms with E-state index in [1.807, 2.05) is 0 Å². The van der Waals surface area contributed by atoms with E-state index in [-0.39, 0.29) is 36.8 Å². The first-order chi connectivity index (χ1) is 11.9. The van der Waals surface area contributed by atoms with Crippen LogP contribution in [0.2, 0.25) is 0 Å². The van der Waals surface area contributed by atoms with Crippen molar-refractivity contribution in [3.63, 3.8) is 0 Å². The summed E-state index contributed by atoms with van der Waals surface area (Å²) in [6.45, 7) is 4.56. The summed E-state index contributed by atoms with van der Waals surface area (Å²) in [5, 5.41) is 5.33. The van der Waals surface area contributed by atoms with Crippen molar-refractivity contribution in [3.8, 4) is 0 Å². The molecule has 1 fully saturated rings. The van der Waals surface area contributed by atoms with Crippen LogP contribution in [0.25, 0.3) is 0 Å². The molecule has 0 unspecified atom stereocenters. The van der Waals surface area contributed by atoms with Gasteiger partial charge in [-0.15, -0.1) is 0 Å². The molecule has 1 aromatic carbocycles. The zero-order valence-electron chi connectivity index (χ0n) is 14.5. The van der Waals surface area contributed by atoms with Gasteiger partial charge in [0.15, 0.2) is 0 Å². The van der Waals surface area contributed by atoms with Crippen LogP contribution in [0.3, 0.4) is 0 Å². The topological polar surface area (TPSA) is 114 Å². The molecule has 2 rings (SSSR count). The molecule has 1 heterocycles. The zero-order valence-corrected chi connectivity index (χ0v) is 14.5. The number of rotatable bonds is 6. The van der Waals surface area contributed by atoms with E-state index >= 15 is 0 Å². The van der Waals surface area contributed by atoms with Gasteiger partial charge >= 0.3 is 0 Å². The lowest BCUT2D eigenvalue weighted by Gasteiger charge is -2.27. The van der Waals surface area contributed by atoms with Crippen LogP contribution in [0.4, 0.5) is 11.4 Å². The van der Waals surface area contributed by atoms with Gasteiger partial charge in [0.05, 0.1) is 6.61 Å². The van der Waals surface area contributed by atoms with E-state index in [4.69, 9.17) is 10.5 Å². The third kappa shape index (κ3) is 5.01. The molecule has 1 aromatic rings. The average molecular weight is 348 g/mol. The Labute approximate surface area is 146 Å². The minimum atomic E-state index is -0.796. The van der Waals surface area contributed by atoms with Crippen LogP contribution in [0.15, 0.2) is 24.3 Å². The normalized spacial score (nSPS) is 15.8. The van der Waals surface area contributed by atoms with E-state index in [2.05, 4.69) is 10.6 Å². The van der Waals surface area contributed by atoms with Crippen molar-refractivity contribution >= 4 is 29.1 Å². The number of anilines is 2. The van der Waals surface area contributed by atoms with E-state index in [1.165, 1.54) is 0 Å². The monoisotopic (exact) mass is 348 g/mol. The second-order valence-corrected chi connectivity index (χ2v) is 6.09. The van der Waals surface area contributed by atoms with Gasteiger partial charge in [0.2, 0.25) is 11.8 Å². The van der Waals surface area contributed by atoms with Gasteiger partial charge in [-0.1, -0.05) is 13.8 Å². The Bertz CT molecular complexity index is 630. The molecule has 1 saturated heterocycles. The van der Waals surface area contributed by atoms with Gasteiger partial charge in [0, 0.05) is 30.4 Å². The summed E-state index contributed by atoms with van der Waals surface area (Å²) in [4.78, 5) is 37.4. The van der Waals surface area contributed by atoms with E-state index in [9.17, 15) is 14.4 Å². The lowest BCUT2D eigenvalue weighted by atomic mass is 10.1. The van der Waals surface area contributed by atoms with Crippen LogP contribution >= 0.6 is 0 Å².